The fourth-order valence-electron chi connectivity index (χ4n) is 7.25. The van der Waals surface area contributed by atoms with Gasteiger partial charge >= 0.3 is 11.9 Å². The van der Waals surface area contributed by atoms with E-state index in [0.717, 1.165) is 70.6 Å². The summed E-state index contributed by atoms with van der Waals surface area (Å²) in [5.41, 5.74) is 0. The number of hydrogen-bond donors (Lipinski definition) is 0. The van der Waals surface area contributed by atoms with Gasteiger partial charge in [-0.1, -0.05) is 242 Å². The zero-order valence-electron chi connectivity index (χ0n) is 40.0. The molecule has 0 aliphatic heterocycles. The summed E-state index contributed by atoms with van der Waals surface area (Å²) in [4.78, 5) is 25.3. The lowest BCUT2D eigenvalue weighted by Gasteiger charge is -2.18. The molecule has 0 radical (unpaired) electrons. The average molecular weight is 839 g/mol. The first-order valence-corrected chi connectivity index (χ1v) is 25.8. The highest BCUT2D eigenvalue weighted by Gasteiger charge is 2.17. The Hall–Kier alpha value is -2.40. The van der Waals surface area contributed by atoms with Crippen molar-refractivity contribution in [1.29, 1.82) is 0 Å². The Kier molecular flexibility index (Phi) is 48.9. The van der Waals surface area contributed by atoms with Crippen LogP contribution in [0.1, 0.15) is 252 Å². The molecule has 0 saturated carbocycles. The second-order valence-corrected chi connectivity index (χ2v) is 17.1. The molecule has 0 aromatic heterocycles. The summed E-state index contributed by atoms with van der Waals surface area (Å²) in [6, 6.07) is 0. The maximum absolute atomic E-state index is 12.7. The SMILES string of the molecule is CC/C=C\C/C=C\C/C=C\C/C=C\C/C=C\CCCC(=O)OCC(COCCCCCCCCCCCCCCCCCCCC)OC(=O)CCCCCCCCCCC. The maximum atomic E-state index is 12.7. The molecule has 0 fully saturated rings. The third kappa shape index (κ3) is 48.3. The van der Waals surface area contributed by atoms with Gasteiger partial charge in [-0.3, -0.25) is 9.59 Å². The van der Waals surface area contributed by atoms with Crippen LogP contribution in [0, 0.1) is 0 Å². The third-order valence-electron chi connectivity index (χ3n) is 11.1. The predicted octanol–water partition coefficient (Wildman–Crippen LogP) is 17.3. The fourth-order valence-corrected chi connectivity index (χ4v) is 7.25. The lowest BCUT2D eigenvalue weighted by molar-refractivity contribution is -0.163. The van der Waals surface area contributed by atoms with Crippen molar-refractivity contribution in [3.8, 4) is 0 Å². The number of rotatable bonds is 47. The Bertz CT molecular complexity index is 1040. The van der Waals surface area contributed by atoms with E-state index in [4.69, 9.17) is 14.2 Å². The topological polar surface area (TPSA) is 61.8 Å². The van der Waals surface area contributed by atoms with Crippen LogP contribution in [0.3, 0.4) is 0 Å². The van der Waals surface area contributed by atoms with Crippen LogP contribution in [0.5, 0.6) is 0 Å². The Morgan fingerprint density at radius 1 is 0.383 bits per heavy atom. The number of ether oxygens (including phenoxy) is 3. The first-order valence-electron chi connectivity index (χ1n) is 25.8. The highest BCUT2D eigenvalue weighted by molar-refractivity contribution is 5.70. The van der Waals surface area contributed by atoms with Crippen LogP contribution in [0.15, 0.2) is 60.8 Å². The first kappa shape index (κ1) is 57.6. The molecule has 0 aliphatic carbocycles. The van der Waals surface area contributed by atoms with Crippen LogP contribution >= 0.6 is 0 Å². The van der Waals surface area contributed by atoms with Crippen LogP contribution in [-0.2, 0) is 23.8 Å². The standard InChI is InChI=1S/C55H98O5/c1-4-7-10-13-16-19-21-23-25-27-29-31-33-35-38-41-44-47-50-58-51-53(60-55(57)49-46-43-40-36-18-15-12-9-6-3)52-59-54(56)48-45-42-39-37-34-32-30-28-26-24-22-20-17-14-11-8-5-2/h8,11,17,20,24,26,30,32,37,39,53H,4-7,9-10,12-16,18-19,21-23,25,27-29,31,33-36,38,40-52H2,1-3H3/b11-8-,20-17-,26-24-,32-30-,39-37-. The van der Waals surface area contributed by atoms with E-state index >= 15 is 0 Å². The second-order valence-electron chi connectivity index (χ2n) is 17.1. The lowest BCUT2D eigenvalue weighted by atomic mass is 10.0. The average Bonchev–Trinajstić information content (AvgIpc) is 3.25. The molecule has 5 heteroatoms. The van der Waals surface area contributed by atoms with Gasteiger partial charge in [0.1, 0.15) is 6.61 Å². The molecule has 0 rings (SSSR count). The lowest BCUT2D eigenvalue weighted by Crippen LogP contribution is -2.30. The molecule has 5 nitrogen and oxygen atoms in total. The van der Waals surface area contributed by atoms with Crippen molar-refractivity contribution >= 4 is 11.9 Å². The van der Waals surface area contributed by atoms with Gasteiger partial charge in [0.15, 0.2) is 6.10 Å². The Morgan fingerprint density at radius 3 is 1.18 bits per heavy atom. The minimum Gasteiger partial charge on any atom is -0.462 e. The molecule has 0 spiro atoms. The summed E-state index contributed by atoms with van der Waals surface area (Å²) in [7, 11) is 0. The number of allylic oxidation sites excluding steroid dienone is 10. The summed E-state index contributed by atoms with van der Waals surface area (Å²) in [6.07, 6.45) is 63.9. The zero-order valence-corrected chi connectivity index (χ0v) is 40.0. The third-order valence-corrected chi connectivity index (χ3v) is 11.1. The van der Waals surface area contributed by atoms with E-state index < -0.39 is 6.10 Å². The molecule has 0 saturated heterocycles. The molecular weight excluding hydrogens is 741 g/mol. The van der Waals surface area contributed by atoms with Gasteiger partial charge in [0, 0.05) is 19.4 Å². The summed E-state index contributed by atoms with van der Waals surface area (Å²) in [5.74, 6) is -0.458. The highest BCUT2D eigenvalue weighted by atomic mass is 16.6. The molecule has 0 N–H and O–H groups in total. The zero-order chi connectivity index (χ0) is 43.5. The molecule has 0 bridgehead atoms. The van der Waals surface area contributed by atoms with Gasteiger partial charge in [-0.15, -0.1) is 0 Å². The number of esters is 2. The molecule has 0 aromatic rings. The number of carbonyl (C=O) groups is 2. The maximum Gasteiger partial charge on any atom is 0.306 e. The van der Waals surface area contributed by atoms with Crippen molar-refractivity contribution < 1.29 is 23.8 Å². The number of unbranched alkanes of at least 4 members (excludes halogenated alkanes) is 26. The fraction of sp³-hybridized carbons (Fsp3) is 0.782. The van der Waals surface area contributed by atoms with Crippen LogP contribution in [0.25, 0.3) is 0 Å². The summed E-state index contributed by atoms with van der Waals surface area (Å²) < 4.78 is 17.3. The van der Waals surface area contributed by atoms with Crippen LogP contribution in [0.2, 0.25) is 0 Å². The Morgan fingerprint density at radius 2 is 0.750 bits per heavy atom. The molecule has 0 amide bonds. The van der Waals surface area contributed by atoms with Crippen molar-refractivity contribution in [1.82, 2.24) is 0 Å². The number of carbonyl (C=O) groups excluding carboxylic acids is 2. The quantitative estimate of drug-likeness (QED) is 0.0347. The molecule has 0 aromatic carbocycles. The van der Waals surface area contributed by atoms with Gasteiger partial charge in [-0.05, 0) is 57.8 Å². The van der Waals surface area contributed by atoms with E-state index in [1.807, 2.05) is 0 Å². The summed E-state index contributed by atoms with van der Waals surface area (Å²) in [5, 5.41) is 0. The van der Waals surface area contributed by atoms with E-state index in [-0.39, 0.29) is 25.2 Å². The predicted molar refractivity (Wildman–Crippen MR) is 261 cm³/mol. The minimum atomic E-state index is -0.554. The van der Waals surface area contributed by atoms with Crippen molar-refractivity contribution in [2.45, 2.75) is 258 Å². The van der Waals surface area contributed by atoms with E-state index in [0.29, 0.717) is 19.4 Å². The van der Waals surface area contributed by atoms with E-state index in [9.17, 15) is 9.59 Å². The molecule has 348 valence electrons. The molecule has 1 unspecified atom stereocenters. The Balaban J connectivity index is 4.24. The molecule has 1 atom stereocenters. The molecule has 0 heterocycles. The van der Waals surface area contributed by atoms with Gasteiger partial charge in [0.2, 0.25) is 0 Å². The van der Waals surface area contributed by atoms with E-state index in [1.165, 1.54) is 148 Å². The first-order chi connectivity index (χ1) is 29.6. The molecule has 60 heavy (non-hydrogen) atoms. The summed E-state index contributed by atoms with van der Waals surface area (Å²) >= 11 is 0. The van der Waals surface area contributed by atoms with Gasteiger partial charge in [-0.2, -0.15) is 0 Å². The van der Waals surface area contributed by atoms with Gasteiger partial charge < -0.3 is 14.2 Å². The normalized spacial score (nSPS) is 12.7. The minimum absolute atomic E-state index is 0.0587. The second kappa shape index (κ2) is 51.0. The van der Waals surface area contributed by atoms with Crippen molar-refractivity contribution in [2.24, 2.45) is 0 Å². The van der Waals surface area contributed by atoms with Crippen molar-refractivity contribution in [2.75, 3.05) is 19.8 Å². The monoisotopic (exact) mass is 839 g/mol. The van der Waals surface area contributed by atoms with Gasteiger partial charge in [0.05, 0.1) is 6.61 Å². The van der Waals surface area contributed by atoms with Crippen molar-refractivity contribution in [3.05, 3.63) is 60.8 Å². The molecular formula is C55H98O5. The van der Waals surface area contributed by atoms with Crippen LogP contribution < -0.4 is 0 Å². The van der Waals surface area contributed by atoms with Crippen LogP contribution in [0.4, 0.5) is 0 Å². The summed E-state index contributed by atoms with van der Waals surface area (Å²) in [6.45, 7) is 7.67. The Labute approximate surface area is 373 Å². The van der Waals surface area contributed by atoms with Crippen molar-refractivity contribution in [3.63, 3.8) is 0 Å². The largest absolute Gasteiger partial charge is 0.462 e. The van der Waals surface area contributed by atoms with Gasteiger partial charge in [-0.25, -0.2) is 0 Å². The van der Waals surface area contributed by atoms with Crippen LogP contribution in [-0.4, -0.2) is 37.9 Å². The van der Waals surface area contributed by atoms with Gasteiger partial charge in [0.25, 0.3) is 0 Å². The highest BCUT2D eigenvalue weighted by Crippen LogP contribution is 2.15. The number of hydrogen-bond acceptors (Lipinski definition) is 5. The van der Waals surface area contributed by atoms with E-state index in [1.54, 1.807) is 0 Å². The molecule has 0 aliphatic rings. The smallest absolute Gasteiger partial charge is 0.306 e. The van der Waals surface area contributed by atoms with E-state index in [2.05, 4.69) is 81.5 Å².